The van der Waals surface area contributed by atoms with Crippen LogP contribution in [0.4, 0.5) is 0 Å². The van der Waals surface area contributed by atoms with Crippen LogP contribution in [0, 0.1) is 71.2 Å². The van der Waals surface area contributed by atoms with Gasteiger partial charge in [-0.25, -0.2) is 0 Å². The van der Waals surface area contributed by atoms with Crippen LogP contribution in [0.3, 0.4) is 0 Å². The molecular weight excluding hydrogens is 2300 g/mol. The van der Waals surface area contributed by atoms with Crippen molar-refractivity contribution in [3.8, 4) is 0 Å². The molecule has 0 atom stereocenters. The second-order valence-corrected chi connectivity index (χ2v) is 16.3. The Morgan fingerprint density at radius 2 is 0.180 bits per heavy atom. The molecule has 50 heavy (non-hydrogen) atoms. The summed E-state index contributed by atoms with van der Waals surface area (Å²) in [5.41, 5.74) is 0. The molecule has 276 valence electrons. The van der Waals surface area contributed by atoms with Gasteiger partial charge in [-0.2, -0.15) is 0 Å². The summed E-state index contributed by atoms with van der Waals surface area (Å²) in [4.78, 5) is 0. The molecule has 0 aromatic carbocycles. The van der Waals surface area contributed by atoms with Crippen LogP contribution < -0.4 is 70.0 Å². The van der Waals surface area contributed by atoms with Crippen molar-refractivity contribution in [1.29, 1.82) is 0 Å². The number of rotatable bonds is 0. The molecule has 33 nitrogen and oxygen atoms in total. The summed E-state index contributed by atoms with van der Waals surface area (Å²) in [6.07, 6.45) is 0. The van der Waals surface area contributed by atoms with E-state index in [1.165, 1.54) is 0 Å². The standard InChI is InChI=1S/2La.33O.2Pt.2Ti.11Zr/q2*+3;;;;;;;;;;;;22*-1;4*+4;;;;;;;;;;;. The van der Waals surface area contributed by atoms with E-state index in [4.69, 9.17) is 101 Å². The minimum Gasteiger partial charge on any atom is 4.00 e. The van der Waals surface area contributed by atoms with Crippen molar-refractivity contribution in [2.24, 2.45) is 0 Å². The van der Waals surface area contributed by atoms with Crippen molar-refractivity contribution in [3.63, 3.8) is 0 Å². The maximum atomic E-state index is 8.61. The van der Waals surface area contributed by atoms with Gasteiger partial charge in [-0.05, 0) is 0 Å². The van der Waals surface area contributed by atoms with Crippen molar-refractivity contribution >= 4 is 0 Å². The maximum absolute atomic E-state index is 8.61. The molecule has 0 N–H and O–H groups in total. The van der Waals surface area contributed by atoms with Crippen molar-refractivity contribution in [1.82, 2.24) is 0 Å². The fourth-order valence-electron chi connectivity index (χ4n) is 0. The monoisotopic (exact) mass is 2280 g/mol. The summed E-state index contributed by atoms with van der Waals surface area (Å²) < 4.78 is 284. The largest absolute Gasteiger partial charge is 4.00 e. The Labute approximate surface area is 492 Å². The van der Waals surface area contributed by atoms with Crippen LogP contribution in [0.25, 0.3) is 0 Å². The zero-order valence-electron chi connectivity index (χ0n) is 21.8. The number of hydrogen-bond acceptors (Lipinski definition) is 33. The Balaban J connectivity index is -0.0000000158. The molecule has 0 unspecified atom stereocenters. The molecule has 0 saturated heterocycles. The molecule has 0 saturated carbocycles. The first kappa shape index (κ1) is 114. The second-order valence-electron chi connectivity index (χ2n) is 2.75. The average Bonchev–Trinajstić information content (AvgIpc) is 2.55. The molecule has 0 rings (SSSR count). The first-order valence-corrected chi connectivity index (χ1v) is 39.9. The SMILES string of the molecule is [La+3].[La+3].[O]=[Zr]([O-])[O-].[O]=[Zr]([O-])[O-].[O]=[Zr]([O-])[O-].[O]=[Zr]([O-])[O-].[O]=[Zr]([O-])[O-].[O]=[Zr]([O-])[O-].[O]=[Zr]([O-])[O-].[O]=[Zr]([O-])[O-].[O]=[Zr]([O-])[O-].[O]=[Zr]([O-])[O-].[O]=[Zr]([O-])[O-].[Pt+4].[Pt+4].[Ti+4].[Ti+4]. The van der Waals surface area contributed by atoms with Gasteiger partial charge in [0, 0.05) is 0 Å². The molecular formula is La2O33Pt2Ti2Zr11. The van der Waals surface area contributed by atoms with Gasteiger partial charge in [-0.15, -0.1) is 0 Å². The molecule has 0 aromatic heterocycles. The summed E-state index contributed by atoms with van der Waals surface area (Å²) in [5, 5.41) is 0. The first-order valence-electron chi connectivity index (χ1n) is 6.74. The van der Waals surface area contributed by atoms with E-state index < -0.39 is 249 Å². The van der Waals surface area contributed by atoms with Gasteiger partial charge in [-0.1, -0.05) is 0 Å². The van der Waals surface area contributed by atoms with Crippen LogP contribution in [-0.2, 0) is 366 Å². The van der Waals surface area contributed by atoms with Gasteiger partial charge in [0.1, 0.15) is 0 Å². The molecule has 0 bridgehead atoms. The average molecular weight is 2300 g/mol. The molecule has 0 spiro atoms. The molecule has 0 radical (unpaired) electrons. The molecule has 0 fully saturated rings. The third-order valence-electron chi connectivity index (χ3n) is 0. The van der Waals surface area contributed by atoms with Crippen molar-refractivity contribution < 1.29 is 507 Å². The van der Waals surface area contributed by atoms with Crippen LogP contribution in [0.2, 0.25) is 0 Å². The summed E-state index contributed by atoms with van der Waals surface area (Å²) in [7, 11) is 0. The van der Waals surface area contributed by atoms with Gasteiger partial charge in [0.15, 0.2) is 0 Å². The molecule has 50 heteroatoms. The molecule has 0 aliphatic carbocycles. The molecule has 0 amide bonds. The number of hydrogen-bond donors (Lipinski definition) is 0. The van der Waals surface area contributed by atoms with Gasteiger partial charge >= 0.3 is 507 Å². The second kappa shape index (κ2) is 108. The Morgan fingerprint density at radius 1 is 0.180 bits per heavy atom. The van der Waals surface area contributed by atoms with E-state index in [1.807, 2.05) is 0 Å². The smallest absolute Gasteiger partial charge is 4.00 e. The molecule has 0 aliphatic heterocycles. The quantitative estimate of drug-likeness (QED) is 0.203. The Kier molecular flexibility index (Phi) is 247. The Bertz CT molecular complexity index is 553. The summed E-state index contributed by atoms with van der Waals surface area (Å²) in [5.74, 6) is 0. The summed E-state index contributed by atoms with van der Waals surface area (Å²) in [6, 6.07) is 0. The third-order valence-corrected chi connectivity index (χ3v) is 0. The van der Waals surface area contributed by atoms with Crippen LogP contribution in [0.5, 0.6) is 0 Å². The van der Waals surface area contributed by atoms with Crippen molar-refractivity contribution in [2.45, 2.75) is 0 Å². The van der Waals surface area contributed by atoms with E-state index in [0.717, 1.165) is 0 Å². The third kappa shape index (κ3) is 1480. The molecule has 0 aliphatic rings. The zero-order chi connectivity index (χ0) is 39.4. The van der Waals surface area contributed by atoms with Gasteiger partial charge in [0.2, 0.25) is 0 Å². The van der Waals surface area contributed by atoms with E-state index in [0.29, 0.717) is 0 Å². The topological polar surface area (TPSA) is 695 Å². The normalized spacial score (nSPS) is 5.72. The van der Waals surface area contributed by atoms with E-state index in [9.17, 15) is 0 Å². The van der Waals surface area contributed by atoms with Crippen LogP contribution in [0.1, 0.15) is 0 Å². The minimum atomic E-state index is -4.29. The van der Waals surface area contributed by atoms with Gasteiger partial charge < -0.3 is 0 Å². The predicted molar refractivity (Wildman–Crippen MR) is 7.55 cm³/mol. The Morgan fingerprint density at radius 3 is 0.180 bits per heavy atom. The van der Waals surface area contributed by atoms with Crippen LogP contribution >= 0.6 is 0 Å². The predicted octanol–water partition coefficient (Wildman–Crippen LogP) is -27.5. The van der Waals surface area contributed by atoms with Crippen LogP contribution in [-0.4, -0.2) is 0 Å². The van der Waals surface area contributed by atoms with Gasteiger partial charge in [0.25, 0.3) is 0 Å². The van der Waals surface area contributed by atoms with Crippen molar-refractivity contribution in [3.05, 3.63) is 0 Å². The first-order chi connectivity index (χ1) is 19.1. The van der Waals surface area contributed by atoms with E-state index in [-0.39, 0.29) is 157 Å². The van der Waals surface area contributed by atoms with E-state index in [2.05, 4.69) is 0 Å². The fraction of sp³-hybridized carbons (Fsp3) is 0. The van der Waals surface area contributed by atoms with Crippen LogP contribution in [0.15, 0.2) is 0 Å². The van der Waals surface area contributed by atoms with E-state index >= 15 is 0 Å². The molecule has 0 aromatic rings. The zero-order valence-corrected chi connectivity index (χ0v) is 63.7. The minimum absolute atomic E-state index is 0. The fourth-order valence-corrected chi connectivity index (χ4v) is 0. The van der Waals surface area contributed by atoms with Crippen molar-refractivity contribution in [2.75, 3.05) is 0 Å². The van der Waals surface area contributed by atoms with E-state index in [1.54, 1.807) is 0 Å². The van der Waals surface area contributed by atoms with Gasteiger partial charge in [0.05, 0.1) is 0 Å². The summed E-state index contributed by atoms with van der Waals surface area (Å²) in [6.45, 7) is 0. The summed E-state index contributed by atoms with van der Waals surface area (Å²) >= 11 is -47.2. The Hall–Kier alpha value is 11.8. The molecule has 0 heterocycles. The maximum Gasteiger partial charge on any atom is 4.00 e. The van der Waals surface area contributed by atoms with Gasteiger partial charge in [-0.3, -0.25) is 0 Å².